The lowest BCUT2D eigenvalue weighted by Gasteiger charge is -2.11. The van der Waals surface area contributed by atoms with E-state index >= 15 is 0 Å². The van der Waals surface area contributed by atoms with E-state index in [9.17, 15) is 0 Å². The van der Waals surface area contributed by atoms with Crippen LogP contribution in [0.4, 0.5) is 0 Å². The second-order valence-electron chi connectivity index (χ2n) is 11.3. The van der Waals surface area contributed by atoms with Crippen molar-refractivity contribution in [3.8, 4) is 45.3 Å². The van der Waals surface area contributed by atoms with Crippen LogP contribution in [-0.4, -0.2) is 15.0 Å². The van der Waals surface area contributed by atoms with Crippen LogP contribution < -0.4 is 0 Å². The maximum Gasteiger partial charge on any atom is 0.164 e. The number of nitrogens with zero attached hydrogens (tertiary/aromatic N) is 3. The van der Waals surface area contributed by atoms with Gasteiger partial charge in [-0.15, -0.1) is 0 Å². The minimum absolute atomic E-state index is 0.644. The summed E-state index contributed by atoms with van der Waals surface area (Å²) in [4.78, 5) is 14.7. The van der Waals surface area contributed by atoms with Crippen LogP contribution in [0.25, 0.3) is 88.8 Å². The van der Waals surface area contributed by atoms with E-state index in [2.05, 4.69) is 78.9 Å². The van der Waals surface area contributed by atoms with Gasteiger partial charge in [0.2, 0.25) is 0 Å². The number of aromatic nitrogens is 3. The molecule has 0 amide bonds. The van der Waals surface area contributed by atoms with Crippen molar-refractivity contribution in [3.05, 3.63) is 152 Å². The van der Waals surface area contributed by atoms with Crippen molar-refractivity contribution in [2.24, 2.45) is 0 Å². The standard InChI is InChI=1S/C41H25N3O/c1-3-10-27(11-4-1)39-42-40(28-12-5-2-6-13-28)44-41(43-39)32-15-9-14-29(25-32)30-20-22-33-31(24-30)19-18-26-21-23-36-38(37(26)33)34-16-7-8-17-35(34)45-36/h1-25H. The van der Waals surface area contributed by atoms with Crippen LogP contribution in [-0.2, 0) is 0 Å². The number of furan rings is 1. The highest BCUT2D eigenvalue weighted by molar-refractivity contribution is 6.26. The molecule has 9 aromatic rings. The van der Waals surface area contributed by atoms with Gasteiger partial charge in [0.1, 0.15) is 11.2 Å². The minimum atomic E-state index is 0.644. The molecular formula is C41H25N3O. The fourth-order valence-electron chi connectivity index (χ4n) is 6.32. The molecule has 0 atom stereocenters. The second-order valence-corrected chi connectivity index (χ2v) is 11.3. The van der Waals surface area contributed by atoms with E-state index in [4.69, 9.17) is 19.4 Å². The van der Waals surface area contributed by atoms with E-state index in [1.807, 2.05) is 72.8 Å². The average Bonchev–Trinajstić information content (AvgIpc) is 3.51. The second kappa shape index (κ2) is 10.2. The van der Waals surface area contributed by atoms with Gasteiger partial charge >= 0.3 is 0 Å². The van der Waals surface area contributed by atoms with Crippen molar-refractivity contribution in [1.29, 1.82) is 0 Å². The molecule has 0 radical (unpaired) electrons. The predicted molar refractivity (Wildman–Crippen MR) is 184 cm³/mol. The highest BCUT2D eigenvalue weighted by Gasteiger charge is 2.15. The van der Waals surface area contributed by atoms with E-state index < -0.39 is 0 Å². The van der Waals surface area contributed by atoms with Gasteiger partial charge in [-0.3, -0.25) is 0 Å². The van der Waals surface area contributed by atoms with Crippen molar-refractivity contribution >= 4 is 43.5 Å². The Labute approximate surface area is 259 Å². The first kappa shape index (κ1) is 25.4. The molecule has 0 aliphatic carbocycles. The fraction of sp³-hybridized carbons (Fsp3) is 0. The van der Waals surface area contributed by atoms with Crippen LogP contribution in [0.5, 0.6) is 0 Å². The molecule has 210 valence electrons. The van der Waals surface area contributed by atoms with Crippen molar-refractivity contribution in [3.63, 3.8) is 0 Å². The van der Waals surface area contributed by atoms with Crippen LogP contribution in [0, 0.1) is 0 Å². The summed E-state index contributed by atoms with van der Waals surface area (Å²) >= 11 is 0. The largest absolute Gasteiger partial charge is 0.456 e. The number of fused-ring (bicyclic) bond motifs is 7. The predicted octanol–water partition coefficient (Wildman–Crippen LogP) is 10.7. The molecule has 0 fully saturated rings. The van der Waals surface area contributed by atoms with Gasteiger partial charge in [-0.1, -0.05) is 127 Å². The molecule has 0 bridgehead atoms. The third-order valence-corrected chi connectivity index (χ3v) is 8.49. The van der Waals surface area contributed by atoms with E-state index in [1.165, 1.54) is 26.9 Å². The Kier molecular flexibility index (Phi) is 5.78. The Morgan fingerprint density at radius 1 is 0.333 bits per heavy atom. The molecule has 2 aromatic heterocycles. The average molecular weight is 576 g/mol. The zero-order chi connectivity index (χ0) is 29.7. The molecule has 0 aliphatic heterocycles. The van der Waals surface area contributed by atoms with Crippen molar-refractivity contribution in [1.82, 2.24) is 15.0 Å². The van der Waals surface area contributed by atoms with Crippen LogP contribution >= 0.6 is 0 Å². The topological polar surface area (TPSA) is 51.8 Å². The van der Waals surface area contributed by atoms with E-state index in [0.29, 0.717) is 17.5 Å². The quantitative estimate of drug-likeness (QED) is 0.196. The Morgan fingerprint density at radius 2 is 0.911 bits per heavy atom. The summed E-state index contributed by atoms with van der Waals surface area (Å²) in [7, 11) is 0. The molecule has 4 nitrogen and oxygen atoms in total. The summed E-state index contributed by atoms with van der Waals surface area (Å²) in [5, 5.41) is 7.13. The summed E-state index contributed by atoms with van der Waals surface area (Å²) in [5.74, 6) is 1.95. The third-order valence-electron chi connectivity index (χ3n) is 8.49. The highest BCUT2D eigenvalue weighted by Crippen LogP contribution is 2.39. The lowest BCUT2D eigenvalue weighted by Crippen LogP contribution is -2.00. The first-order valence-corrected chi connectivity index (χ1v) is 15.0. The first-order chi connectivity index (χ1) is 22.3. The summed E-state index contributed by atoms with van der Waals surface area (Å²) in [6, 6.07) is 52.2. The fourth-order valence-corrected chi connectivity index (χ4v) is 6.32. The molecule has 0 N–H and O–H groups in total. The van der Waals surface area contributed by atoms with Crippen molar-refractivity contribution in [2.45, 2.75) is 0 Å². The summed E-state index contributed by atoms with van der Waals surface area (Å²) in [6.07, 6.45) is 0. The molecule has 0 spiro atoms. The van der Waals surface area contributed by atoms with Gasteiger partial charge in [-0.05, 0) is 51.6 Å². The summed E-state index contributed by atoms with van der Waals surface area (Å²) in [5.41, 5.74) is 6.91. The first-order valence-electron chi connectivity index (χ1n) is 15.0. The third kappa shape index (κ3) is 4.35. The number of para-hydroxylation sites is 1. The number of hydrogen-bond donors (Lipinski definition) is 0. The van der Waals surface area contributed by atoms with Gasteiger partial charge in [0, 0.05) is 32.8 Å². The van der Waals surface area contributed by atoms with Crippen LogP contribution in [0.1, 0.15) is 0 Å². The lowest BCUT2D eigenvalue weighted by atomic mass is 9.94. The van der Waals surface area contributed by atoms with Gasteiger partial charge in [-0.25, -0.2) is 15.0 Å². The van der Waals surface area contributed by atoms with Gasteiger partial charge in [0.25, 0.3) is 0 Å². The van der Waals surface area contributed by atoms with Crippen LogP contribution in [0.2, 0.25) is 0 Å². The zero-order valence-corrected chi connectivity index (χ0v) is 24.2. The monoisotopic (exact) mass is 575 g/mol. The molecule has 0 saturated carbocycles. The highest BCUT2D eigenvalue weighted by atomic mass is 16.3. The van der Waals surface area contributed by atoms with Gasteiger partial charge in [0.15, 0.2) is 17.5 Å². The number of benzene rings is 7. The van der Waals surface area contributed by atoms with Crippen molar-refractivity contribution in [2.75, 3.05) is 0 Å². The maximum absolute atomic E-state index is 6.21. The molecular weight excluding hydrogens is 550 g/mol. The van der Waals surface area contributed by atoms with Crippen molar-refractivity contribution < 1.29 is 4.42 Å². The smallest absolute Gasteiger partial charge is 0.164 e. The van der Waals surface area contributed by atoms with Gasteiger partial charge < -0.3 is 4.42 Å². The molecule has 0 aliphatic rings. The SMILES string of the molecule is c1ccc(-c2nc(-c3ccccc3)nc(-c3cccc(-c4ccc5c(ccc6ccc7oc8ccccc8c7c65)c4)c3)n2)cc1. The summed E-state index contributed by atoms with van der Waals surface area (Å²) in [6.45, 7) is 0. The van der Waals surface area contributed by atoms with Gasteiger partial charge in [-0.2, -0.15) is 0 Å². The number of hydrogen-bond acceptors (Lipinski definition) is 4. The molecule has 45 heavy (non-hydrogen) atoms. The molecule has 0 unspecified atom stereocenters. The molecule has 9 rings (SSSR count). The van der Waals surface area contributed by atoms with E-state index in [1.54, 1.807) is 0 Å². The van der Waals surface area contributed by atoms with Crippen LogP contribution in [0.3, 0.4) is 0 Å². The maximum atomic E-state index is 6.21. The molecule has 4 heteroatoms. The molecule has 2 heterocycles. The van der Waals surface area contributed by atoms with E-state index in [-0.39, 0.29) is 0 Å². The van der Waals surface area contributed by atoms with Gasteiger partial charge in [0.05, 0.1) is 0 Å². The molecule has 0 saturated heterocycles. The molecule has 7 aromatic carbocycles. The van der Waals surface area contributed by atoms with Crippen LogP contribution in [0.15, 0.2) is 156 Å². The van der Waals surface area contributed by atoms with E-state index in [0.717, 1.165) is 44.4 Å². The Morgan fingerprint density at radius 3 is 1.67 bits per heavy atom. The minimum Gasteiger partial charge on any atom is -0.456 e. The lowest BCUT2D eigenvalue weighted by molar-refractivity contribution is 0.669. The Balaban J connectivity index is 1.18. The Hall–Kier alpha value is -6.13. The number of rotatable bonds is 4. The Bertz CT molecular complexity index is 2480. The zero-order valence-electron chi connectivity index (χ0n) is 24.2. The normalized spacial score (nSPS) is 11.6. The summed E-state index contributed by atoms with van der Waals surface area (Å²) < 4.78 is 6.21.